The molecule has 0 aromatic heterocycles. The van der Waals surface area contributed by atoms with Gasteiger partial charge in [0, 0.05) is 23.6 Å². The van der Waals surface area contributed by atoms with Crippen molar-refractivity contribution in [3.05, 3.63) is 33.8 Å². The van der Waals surface area contributed by atoms with Gasteiger partial charge in [-0.05, 0) is 47.3 Å². The van der Waals surface area contributed by atoms with Crippen LogP contribution < -0.4 is 11.1 Å². The molecule has 114 valence electrons. The first-order chi connectivity index (χ1) is 9.97. The van der Waals surface area contributed by atoms with E-state index >= 15 is 0 Å². The van der Waals surface area contributed by atoms with Gasteiger partial charge in [0.15, 0.2) is 0 Å². The molecule has 0 saturated carbocycles. The summed E-state index contributed by atoms with van der Waals surface area (Å²) in [7, 11) is 0. The molecule has 1 saturated heterocycles. The van der Waals surface area contributed by atoms with Crippen molar-refractivity contribution in [3.63, 3.8) is 0 Å². The molecule has 1 aromatic rings. The second kappa shape index (κ2) is 7.04. The molecule has 0 spiro atoms. The lowest BCUT2D eigenvalue weighted by atomic mass is 10.0. The van der Waals surface area contributed by atoms with E-state index in [1.165, 1.54) is 0 Å². The van der Waals surface area contributed by atoms with E-state index < -0.39 is 0 Å². The molecule has 1 heterocycles. The van der Waals surface area contributed by atoms with E-state index in [4.69, 9.17) is 5.73 Å². The third-order valence-corrected chi connectivity index (χ3v) is 4.79. The van der Waals surface area contributed by atoms with Gasteiger partial charge in [-0.3, -0.25) is 14.5 Å². The molecule has 1 fully saturated rings. The average Bonchev–Trinajstić information content (AvgIpc) is 2.43. The number of nitrogens with two attached hydrogens (primary N) is 1. The number of rotatable bonds is 4. The zero-order valence-electron chi connectivity index (χ0n) is 12.1. The van der Waals surface area contributed by atoms with Crippen LogP contribution in [0.5, 0.6) is 0 Å². The summed E-state index contributed by atoms with van der Waals surface area (Å²) in [5.41, 5.74) is 6.89. The third kappa shape index (κ3) is 4.28. The summed E-state index contributed by atoms with van der Waals surface area (Å²) >= 11 is 3.46. The normalized spacial score (nSPS) is 16.7. The van der Waals surface area contributed by atoms with Crippen molar-refractivity contribution in [1.82, 2.24) is 10.2 Å². The molecule has 0 atom stereocenters. The number of carbonyl (C=O) groups is 2. The fraction of sp³-hybridized carbons (Fsp3) is 0.467. The monoisotopic (exact) mass is 353 g/mol. The molecule has 3 N–H and O–H groups in total. The molecule has 2 amide bonds. The van der Waals surface area contributed by atoms with Gasteiger partial charge in [-0.25, -0.2) is 0 Å². The molecule has 0 aliphatic carbocycles. The molecular formula is C15H20BrN3O2. The van der Waals surface area contributed by atoms with Gasteiger partial charge in [-0.1, -0.05) is 12.1 Å². The van der Waals surface area contributed by atoms with Gasteiger partial charge in [0.1, 0.15) is 0 Å². The van der Waals surface area contributed by atoms with E-state index in [1.807, 2.05) is 30.0 Å². The summed E-state index contributed by atoms with van der Waals surface area (Å²) in [5, 5.41) is 3.07. The Labute approximate surface area is 133 Å². The number of carbonyl (C=O) groups excluding carboxylic acids is 2. The minimum Gasteiger partial charge on any atom is -0.369 e. The van der Waals surface area contributed by atoms with Crippen LogP contribution in [0.4, 0.5) is 0 Å². The fourth-order valence-electron chi connectivity index (χ4n) is 2.54. The van der Waals surface area contributed by atoms with Gasteiger partial charge in [0.05, 0.1) is 12.1 Å². The van der Waals surface area contributed by atoms with E-state index in [9.17, 15) is 9.59 Å². The average molecular weight is 354 g/mol. The van der Waals surface area contributed by atoms with Crippen molar-refractivity contribution in [2.45, 2.75) is 25.8 Å². The Morgan fingerprint density at radius 2 is 2.05 bits per heavy atom. The van der Waals surface area contributed by atoms with Crippen molar-refractivity contribution in [3.8, 4) is 0 Å². The molecule has 0 radical (unpaired) electrons. The van der Waals surface area contributed by atoms with E-state index in [0.29, 0.717) is 12.1 Å². The lowest BCUT2D eigenvalue weighted by molar-refractivity contribution is -0.119. The molecule has 6 heteroatoms. The number of nitrogens with zero attached hydrogens (tertiary/aromatic N) is 1. The molecule has 1 aliphatic heterocycles. The van der Waals surface area contributed by atoms with Crippen molar-refractivity contribution in [2.75, 3.05) is 19.6 Å². The fourth-order valence-corrected chi connectivity index (χ4v) is 2.99. The largest absolute Gasteiger partial charge is 0.369 e. The smallest absolute Gasteiger partial charge is 0.252 e. The summed E-state index contributed by atoms with van der Waals surface area (Å²) in [5.74, 6) is -0.361. The summed E-state index contributed by atoms with van der Waals surface area (Å²) in [6.45, 7) is 3.82. The highest BCUT2D eigenvalue weighted by atomic mass is 79.9. The topological polar surface area (TPSA) is 75.4 Å². The number of benzene rings is 1. The second-order valence-electron chi connectivity index (χ2n) is 5.43. The maximum absolute atomic E-state index is 12.3. The lowest BCUT2D eigenvalue weighted by Crippen LogP contribution is -2.46. The second-order valence-corrected chi connectivity index (χ2v) is 6.22. The molecule has 0 bridgehead atoms. The van der Waals surface area contributed by atoms with Gasteiger partial charge >= 0.3 is 0 Å². The summed E-state index contributed by atoms with van der Waals surface area (Å²) in [6.07, 6.45) is 1.67. The molecular weight excluding hydrogens is 334 g/mol. The van der Waals surface area contributed by atoms with Crippen molar-refractivity contribution < 1.29 is 9.59 Å². The predicted molar refractivity (Wildman–Crippen MR) is 85.0 cm³/mol. The van der Waals surface area contributed by atoms with E-state index in [0.717, 1.165) is 36.0 Å². The van der Waals surface area contributed by atoms with Crippen LogP contribution in [-0.4, -0.2) is 42.4 Å². The first kappa shape index (κ1) is 16.0. The molecule has 21 heavy (non-hydrogen) atoms. The van der Waals surface area contributed by atoms with Crippen molar-refractivity contribution in [2.24, 2.45) is 5.73 Å². The van der Waals surface area contributed by atoms with E-state index in [2.05, 4.69) is 21.2 Å². The van der Waals surface area contributed by atoms with Gasteiger partial charge in [-0.15, -0.1) is 0 Å². The molecule has 0 unspecified atom stereocenters. The number of piperidine rings is 1. The first-order valence-electron chi connectivity index (χ1n) is 7.04. The maximum Gasteiger partial charge on any atom is 0.252 e. The quantitative estimate of drug-likeness (QED) is 0.859. The highest BCUT2D eigenvalue weighted by Gasteiger charge is 2.22. The van der Waals surface area contributed by atoms with Crippen molar-refractivity contribution in [1.29, 1.82) is 0 Å². The van der Waals surface area contributed by atoms with Gasteiger partial charge in [-0.2, -0.15) is 0 Å². The number of nitrogens with one attached hydrogen (secondary N) is 1. The SMILES string of the molecule is Cc1cccc(C(=O)NC2CCN(CC(N)=O)CC2)c1Br. The summed E-state index contributed by atoms with van der Waals surface area (Å²) in [6, 6.07) is 5.80. The Morgan fingerprint density at radius 1 is 1.38 bits per heavy atom. The minimum atomic E-state index is -0.304. The zero-order valence-corrected chi connectivity index (χ0v) is 13.6. The number of amides is 2. The van der Waals surface area contributed by atoms with Gasteiger partial charge in [0.2, 0.25) is 5.91 Å². The summed E-state index contributed by atoms with van der Waals surface area (Å²) in [4.78, 5) is 25.2. The van der Waals surface area contributed by atoms with Crippen LogP contribution in [0.2, 0.25) is 0 Å². The highest BCUT2D eigenvalue weighted by Crippen LogP contribution is 2.21. The van der Waals surface area contributed by atoms with Gasteiger partial charge in [0.25, 0.3) is 5.91 Å². The van der Waals surface area contributed by atoms with Crippen molar-refractivity contribution >= 4 is 27.7 Å². The Kier molecular flexibility index (Phi) is 5.36. The number of halogens is 1. The lowest BCUT2D eigenvalue weighted by Gasteiger charge is -2.31. The number of hydrogen-bond donors (Lipinski definition) is 2. The zero-order chi connectivity index (χ0) is 15.4. The Balaban J connectivity index is 1.90. The van der Waals surface area contributed by atoms with Crippen LogP contribution in [0, 0.1) is 6.92 Å². The van der Waals surface area contributed by atoms with E-state index in [1.54, 1.807) is 0 Å². The van der Waals surface area contributed by atoms with Crippen LogP contribution in [0.25, 0.3) is 0 Å². The van der Waals surface area contributed by atoms with Gasteiger partial charge < -0.3 is 11.1 Å². The number of aryl methyl sites for hydroxylation is 1. The Morgan fingerprint density at radius 3 is 2.67 bits per heavy atom. The van der Waals surface area contributed by atoms with Crippen LogP contribution >= 0.6 is 15.9 Å². The molecule has 1 aliphatic rings. The molecule has 2 rings (SSSR count). The predicted octanol–water partition coefficient (Wildman–Crippen LogP) is 1.44. The van der Waals surface area contributed by atoms with Crippen LogP contribution in [0.15, 0.2) is 22.7 Å². The molecule has 5 nitrogen and oxygen atoms in total. The van der Waals surface area contributed by atoms with Crippen LogP contribution in [0.1, 0.15) is 28.8 Å². The maximum atomic E-state index is 12.3. The van der Waals surface area contributed by atoms with Crippen LogP contribution in [0.3, 0.4) is 0 Å². The summed E-state index contributed by atoms with van der Waals surface area (Å²) < 4.78 is 0.841. The third-order valence-electron chi connectivity index (χ3n) is 3.74. The first-order valence-corrected chi connectivity index (χ1v) is 7.83. The Hall–Kier alpha value is -1.40. The standard InChI is InChI=1S/C15H20BrN3O2/c1-10-3-2-4-12(14(10)16)15(21)18-11-5-7-19(8-6-11)9-13(17)20/h2-4,11H,5-9H2,1H3,(H2,17,20)(H,18,21). The Bertz CT molecular complexity index is 540. The number of likely N-dealkylation sites (tertiary alicyclic amines) is 1. The number of primary amides is 1. The molecule has 1 aromatic carbocycles. The minimum absolute atomic E-state index is 0.0565. The number of hydrogen-bond acceptors (Lipinski definition) is 3. The van der Waals surface area contributed by atoms with E-state index in [-0.39, 0.29) is 17.9 Å². The highest BCUT2D eigenvalue weighted by molar-refractivity contribution is 9.10. The van der Waals surface area contributed by atoms with Crippen LogP contribution in [-0.2, 0) is 4.79 Å².